The third kappa shape index (κ3) is 3.15. The molecule has 0 aromatic carbocycles. The first-order chi connectivity index (χ1) is 11.0. The van der Waals surface area contributed by atoms with Crippen molar-refractivity contribution in [1.29, 1.82) is 0 Å². The Bertz CT molecular complexity index is 821. The van der Waals surface area contributed by atoms with Gasteiger partial charge < -0.3 is 8.83 Å². The van der Waals surface area contributed by atoms with Crippen molar-refractivity contribution in [2.45, 2.75) is 39.5 Å². The lowest BCUT2D eigenvalue weighted by Crippen LogP contribution is -1.92. The summed E-state index contributed by atoms with van der Waals surface area (Å²) in [6.45, 7) is 8.21. The van der Waals surface area contributed by atoms with Crippen molar-refractivity contribution in [3.8, 4) is 23.2 Å². The average Bonchev–Trinajstić information content (AvgIpc) is 3.17. The van der Waals surface area contributed by atoms with Crippen LogP contribution in [0.1, 0.15) is 50.9 Å². The highest BCUT2D eigenvalue weighted by Gasteiger charge is 2.17. The van der Waals surface area contributed by atoms with E-state index < -0.39 is 0 Å². The number of pyridine rings is 1. The second kappa shape index (κ2) is 6.16. The minimum absolute atomic E-state index is 0.273. The summed E-state index contributed by atoms with van der Waals surface area (Å²) >= 11 is 6.25. The molecule has 23 heavy (non-hydrogen) atoms. The lowest BCUT2D eigenvalue weighted by atomic mass is 10.2. The van der Waals surface area contributed by atoms with Gasteiger partial charge in [0.05, 0.1) is 16.4 Å². The summed E-state index contributed by atoms with van der Waals surface area (Å²) < 4.78 is 11.0. The van der Waals surface area contributed by atoms with Crippen molar-refractivity contribution >= 4 is 11.6 Å². The average molecular weight is 332 g/mol. The van der Waals surface area contributed by atoms with Crippen molar-refractivity contribution in [3.05, 3.63) is 41.1 Å². The van der Waals surface area contributed by atoms with Crippen LogP contribution in [0.4, 0.5) is 0 Å². The van der Waals surface area contributed by atoms with Gasteiger partial charge in [-0.25, -0.2) is 15.0 Å². The van der Waals surface area contributed by atoms with Gasteiger partial charge in [-0.3, -0.25) is 0 Å². The summed E-state index contributed by atoms with van der Waals surface area (Å²) in [6, 6.07) is 3.52. The van der Waals surface area contributed by atoms with Crippen LogP contribution >= 0.6 is 11.6 Å². The maximum atomic E-state index is 6.25. The molecular formula is C17H18ClN3O2. The zero-order chi connectivity index (χ0) is 16.6. The number of halogens is 1. The summed E-state index contributed by atoms with van der Waals surface area (Å²) in [5, 5.41) is 0.474. The number of hydrogen-bond donors (Lipinski definition) is 0. The smallest absolute Gasteiger partial charge is 0.246 e. The van der Waals surface area contributed by atoms with E-state index in [0.717, 1.165) is 11.4 Å². The van der Waals surface area contributed by atoms with E-state index in [0.29, 0.717) is 34.1 Å². The molecule has 0 aliphatic carbocycles. The van der Waals surface area contributed by atoms with Gasteiger partial charge in [0.1, 0.15) is 23.9 Å². The van der Waals surface area contributed by atoms with Crippen molar-refractivity contribution in [2.75, 3.05) is 0 Å². The Hall–Kier alpha value is -2.14. The van der Waals surface area contributed by atoms with Crippen LogP contribution in [0.5, 0.6) is 0 Å². The predicted octanol–water partition coefficient (Wildman–Crippen LogP) is 5.29. The Morgan fingerprint density at radius 2 is 1.39 bits per heavy atom. The summed E-state index contributed by atoms with van der Waals surface area (Å²) in [5.41, 5.74) is 2.83. The molecule has 0 aliphatic rings. The zero-order valence-electron chi connectivity index (χ0n) is 13.5. The number of nitrogens with zero attached hydrogens (tertiary/aromatic N) is 3. The fraction of sp³-hybridized carbons (Fsp3) is 0.353. The molecule has 0 radical (unpaired) electrons. The van der Waals surface area contributed by atoms with E-state index in [1.165, 1.54) is 0 Å². The van der Waals surface area contributed by atoms with Crippen molar-refractivity contribution < 1.29 is 8.83 Å². The highest BCUT2D eigenvalue weighted by molar-refractivity contribution is 6.32. The summed E-state index contributed by atoms with van der Waals surface area (Å²) in [5.74, 6) is 1.42. The van der Waals surface area contributed by atoms with Crippen LogP contribution in [0.25, 0.3) is 23.2 Å². The van der Waals surface area contributed by atoms with Gasteiger partial charge in [-0.05, 0) is 24.0 Å². The molecule has 0 aliphatic heterocycles. The SMILES string of the molecule is CC(C)c1coc(-c2ccc(Cl)c(-c3nc(C(C)C)co3)n2)n1. The van der Waals surface area contributed by atoms with Crippen LogP contribution in [0.15, 0.2) is 33.5 Å². The monoisotopic (exact) mass is 331 g/mol. The van der Waals surface area contributed by atoms with E-state index in [4.69, 9.17) is 20.4 Å². The molecule has 5 nitrogen and oxygen atoms in total. The summed E-state index contributed by atoms with van der Waals surface area (Å²) in [4.78, 5) is 13.4. The van der Waals surface area contributed by atoms with E-state index in [2.05, 4.69) is 28.8 Å². The summed E-state index contributed by atoms with van der Waals surface area (Å²) in [6.07, 6.45) is 3.28. The van der Waals surface area contributed by atoms with E-state index in [-0.39, 0.29) is 5.92 Å². The molecule has 0 amide bonds. The zero-order valence-corrected chi connectivity index (χ0v) is 14.3. The van der Waals surface area contributed by atoms with Gasteiger partial charge in [0, 0.05) is 0 Å². The highest BCUT2D eigenvalue weighted by Crippen LogP contribution is 2.30. The maximum Gasteiger partial charge on any atom is 0.246 e. The van der Waals surface area contributed by atoms with Gasteiger partial charge >= 0.3 is 0 Å². The minimum atomic E-state index is 0.273. The molecule has 3 aromatic heterocycles. The van der Waals surface area contributed by atoms with Crippen LogP contribution in [-0.2, 0) is 0 Å². The van der Waals surface area contributed by atoms with Crippen molar-refractivity contribution in [3.63, 3.8) is 0 Å². The third-order valence-electron chi connectivity index (χ3n) is 3.49. The first-order valence-electron chi connectivity index (χ1n) is 7.54. The molecule has 0 spiro atoms. The molecular weight excluding hydrogens is 314 g/mol. The molecule has 0 saturated carbocycles. The van der Waals surface area contributed by atoms with Crippen LogP contribution in [0, 0.1) is 0 Å². The molecule has 3 rings (SSSR count). The van der Waals surface area contributed by atoms with Gasteiger partial charge in [0.25, 0.3) is 0 Å². The van der Waals surface area contributed by atoms with Crippen LogP contribution in [0.2, 0.25) is 5.02 Å². The topological polar surface area (TPSA) is 65.0 Å². The lowest BCUT2D eigenvalue weighted by molar-refractivity contribution is 0.564. The van der Waals surface area contributed by atoms with Crippen LogP contribution in [-0.4, -0.2) is 15.0 Å². The van der Waals surface area contributed by atoms with Crippen LogP contribution < -0.4 is 0 Å². The molecule has 0 atom stereocenters. The lowest BCUT2D eigenvalue weighted by Gasteiger charge is -2.01. The van der Waals surface area contributed by atoms with Gasteiger partial charge in [-0.15, -0.1) is 0 Å². The molecule has 0 unspecified atom stereocenters. The highest BCUT2D eigenvalue weighted by atomic mass is 35.5. The first-order valence-corrected chi connectivity index (χ1v) is 7.91. The second-order valence-electron chi connectivity index (χ2n) is 5.99. The van der Waals surface area contributed by atoms with Crippen molar-refractivity contribution in [2.24, 2.45) is 0 Å². The maximum absolute atomic E-state index is 6.25. The Labute approximate surface area is 139 Å². The van der Waals surface area contributed by atoms with E-state index >= 15 is 0 Å². The Morgan fingerprint density at radius 1 is 0.826 bits per heavy atom. The number of hydrogen-bond acceptors (Lipinski definition) is 5. The Morgan fingerprint density at radius 3 is 1.96 bits per heavy atom. The fourth-order valence-corrected chi connectivity index (χ4v) is 2.23. The molecule has 0 saturated heterocycles. The largest absolute Gasteiger partial charge is 0.443 e. The predicted molar refractivity (Wildman–Crippen MR) is 88.4 cm³/mol. The standard InChI is InChI=1S/C17H18ClN3O2/c1-9(2)13-7-22-16(20-13)12-6-5-11(18)15(19-12)17-21-14(8-23-17)10(3)4/h5-10H,1-4H3. The quantitative estimate of drug-likeness (QED) is 0.649. The van der Waals surface area contributed by atoms with E-state index in [1.54, 1.807) is 24.7 Å². The third-order valence-corrected chi connectivity index (χ3v) is 3.80. The molecule has 3 heterocycles. The summed E-state index contributed by atoms with van der Waals surface area (Å²) in [7, 11) is 0. The van der Waals surface area contributed by atoms with E-state index in [9.17, 15) is 0 Å². The Balaban J connectivity index is 2.01. The second-order valence-corrected chi connectivity index (χ2v) is 6.40. The van der Waals surface area contributed by atoms with Gasteiger partial charge in [-0.1, -0.05) is 39.3 Å². The molecule has 0 fully saturated rings. The van der Waals surface area contributed by atoms with Gasteiger partial charge in [0.2, 0.25) is 11.8 Å². The number of aromatic nitrogens is 3. The van der Waals surface area contributed by atoms with E-state index in [1.807, 2.05) is 13.8 Å². The molecule has 120 valence electrons. The van der Waals surface area contributed by atoms with Crippen LogP contribution in [0.3, 0.4) is 0 Å². The molecule has 3 aromatic rings. The molecule has 0 N–H and O–H groups in total. The molecule has 6 heteroatoms. The Kier molecular flexibility index (Phi) is 4.22. The first kappa shape index (κ1) is 15.7. The van der Waals surface area contributed by atoms with Gasteiger partial charge in [-0.2, -0.15) is 0 Å². The van der Waals surface area contributed by atoms with Crippen molar-refractivity contribution in [1.82, 2.24) is 15.0 Å². The number of oxazole rings is 2. The minimum Gasteiger partial charge on any atom is -0.443 e. The molecule has 0 bridgehead atoms. The van der Waals surface area contributed by atoms with Gasteiger partial charge in [0.15, 0.2) is 0 Å². The normalized spacial score (nSPS) is 11.6. The fourth-order valence-electron chi connectivity index (χ4n) is 2.04. The number of rotatable bonds is 4.